The molecule has 152 valence electrons. The fourth-order valence-corrected chi connectivity index (χ4v) is 3.79. The van der Waals surface area contributed by atoms with Gasteiger partial charge in [-0.05, 0) is 52.9 Å². The van der Waals surface area contributed by atoms with Crippen molar-refractivity contribution in [1.29, 1.82) is 0 Å². The van der Waals surface area contributed by atoms with E-state index in [0.29, 0.717) is 18.2 Å². The van der Waals surface area contributed by atoms with E-state index in [-0.39, 0.29) is 12.7 Å². The molecule has 0 radical (unpaired) electrons. The molecule has 3 aromatic rings. The quantitative estimate of drug-likeness (QED) is 0.694. The first-order chi connectivity index (χ1) is 14.6. The van der Waals surface area contributed by atoms with E-state index >= 15 is 0 Å². The zero-order chi connectivity index (χ0) is 20.7. The van der Waals surface area contributed by atoms with Gasteiger partial charge in [-0.1, -0.05) is 32.0 Å². The van der Waals surface area contributed by atoms with Gasteiger partial charge in [-0.15, -0.1) is 0 Å². The van der Waals surface area contributed by atoms with E-state index in [4.69, 9.17) is 14.2 Å². The van der Waals surface area contributed by atoms with Gasteiger partial charge < -0.3 is 19.5 Å². The molecular formula is C24H22N2O4. The van der Waals surface area contributed by atoms with Gasteiger partial charge in [-0.2, -0.15) is 0 Å². The number of carbonyl (C=O) groups is 1. The highest BCUT2D eigenvalue weighted by atomic mass is 16.7. The van der Waals surface area contributed by atoms with Crippen LogP contribution >= 0.6 is 0 Å². The molecule has 3 heterocycles. The molecule has 1 aromatic heterocycles. The third-order valence-electron chi connectivity index (χ3n) is 5.48. The molecule has 0 spiro atoms. The zero-order valence-electron chi connectivity index (χ0n) is 16.8. The molecule has 30 heavy (non-hydrogen) atoms. The van der Waals surface area contributed by atoms with E-state index in [1.54, 1.807) is 6.20 Å². The van der Waals surface area contributed by atoms with Crippen LogP contribution in [-0.2, 0) is 11.2 Å². The van der Waals surface area contributed by atoms with Crippen LogP contribution in [0.5, 0.6) is 17.4 Å². The Hall–Kier alpha value is -3.54. The Morgan fingerprint density at radius 2 is 1.87 bits per heavy atom. The molecule has 2 aliphatic rings. The van der Waals surface area contributed by atoms with E-state index in [0.717, 1.165) is 33.9 Å². The van der Waals surface area contributed by atoms with Gasteiger partial charge in [0.25, 0.3) is 5.91 Å². The maximum absolute atomic E-state index is 12.8. The van der Waals surface area contributed by atoms with Gasteiger partial charge in [0.05, 0.1) is 0 Å². The molecule has 0 bridgehead atoms. The second-order valence-corrected chi connectivity index (χ2v) is 7.79. The highest BCUT2D eigenvalue weighted by Gasteiger charge is 2.32. The normalized spacial score (nSPS) is 16.3. The van der Waals surface area contributed by atoms with Gasteiger partial charge in [0, 0.05) is 23.9 Å². The van der Waals surface area contributed by atoms with Crippen LogP contribution in [0.3, 0.4) is 0 Å². The first-order valence-corrected chi connectivity index (χ1v) is 10.0. The number of pyridine rings is 1. The summed E-state index contributed by atoms with van der Waals surface area (Å²) in [6, 6.07) is 15.7. The summed E-state index contributed by atoms with van der Waals surface area (Å²) >= 11 is 0. The molecule has 1 unspecified atom stereocenters. The highest BCUT2D eigenvalue weighted by molar-refractivity contribution is 5.95. The lowest BCUT2D eigenvalue weighted by Gasteiger charge is -2.12. The van der Waals surface area contributed by atoms with Gasteiger partial charge in [0.15, 0.2) is 17.6 Å². The Morgan fingerprint density at radius 3 is 2.67 bits per heavy atom. The number of amides is 1. The van der Waals surface area contributed by atoms with Crippen LogP contribution in [0, 0.1) is 0 Å². The molecule has 5 rings (SSSR count). The number of nitrogens with one attached hydrogen (secondary N) is 1. The third kappa shape index (κ3) is 3.34. The Kier molecular flexibility index (Phi) is 4.54. The summed E-state index contributed by atoms with van der Waals surface area (Å²) in [7, 11) is 0. The van der Waals surface area contributed by atoms with Crippen molar-refractivity contribution in [3.8, 4) is 28.5 Å². The number of aromatic nitrogens is 1. The molecule has 0 fully saturated rings. The number of nitrogens with zero attached hydrogens (tertiary/aromatic N) is 1. The summed E-state index contributed by atoms with van der Waals surface area (Å²) in [5.74, 6) is 2.23. The predicted octanol–water partition coefficient (Wildman–Crippen LogP) is 4.54. The lowest BCUT2D eigenvalue weighted by atomic mass is 9.98. The molecule has 0 aliphatic carbocycles. The topological polar surface area (TPSA) is 69.7 Å². The standard InChI is InChI=1S/C24H22N2O4/c1-14(2)15-3-6-17(7-4-15)26-23(27)22-12-19-18(9-10-25-24(19)30-22)16-5-8-20-21(11-16)29-13-28-20/h3-11,14,22H,12-13H2,1-2H3,(H,26,27). The molecule has 0 saturated heterocycles. The number of carbonyl (C=O) groups excluding carboxylic acids is 1. The molecule has 2 aromatic carbocycles. The van der Waals surface area contributed by atoms with Crippen molar-refractivity contribution in [2.75, 3.05) is 12.1 Å². The van der Waals surface area contributed by atoms with E-state index in [1.165, 1.54) is 5.56 Å². The fraction of sp³-hybridized carbons (Fsp3) is 0.250. The number of fused-ring (bicyclic) bond motifs is 2. The van der Waals surface area contributed by atoms with Gasteiger partial charge in [-0.25, -0.2) is 4.98 Å². The zero-order valence-corrected chi connectivity index (χ0v) is 16.8. The SMILES string of the molecule is CC(C)c1ccc(NC(=O)C2Cc3c(-c4ccc5c(c4)OCO5)ccnc3O2)cc1. The van der Waals surface area contributed by atoms with Crippen molar-refractivity contribution >= 4 is 11.6 Å². The Morgan fingerprint density at radius 1 is 1.07 bits per heavy atom. The molecule has 2 aliphatic heterocycles. The summed E-state index contributed by atoms with van der Waals surface area (Å²) in [4.78, 5) is 17.1. The third-order valence-corrected chi connectivity index (χ3v) is 5.48. The average molecular weight is 402 g/mol. The monoisotopic (exact) mass is 402 g/mol. The van der Waals surface area contributed by atoms with Gasteiger partial charge in [0.1, 0.15) is 0 Å². The summed E-state index contributed by atoms with van der Waals surface area (Å²) in [6.07, 6.45) is 1.54. The van der Waals surface area contributed by atoms with Crippen molar-refractivity contribution in [2.24, 2.45) is 0 Å². The number of benzene rings is 2. The molecule has 1 atom stereocenters. The van der Waals surface area contributed by atoms with Crippen LogP contribution in [-0.4, -0.2) is 23.8 Å². The van der Waals surface area contributed by atoms with Crippen molar-refractivity contribution in [2.45, 2.75) is 32.3 Å². The number of hydrogen-bond donors (Lipinski definition) is 1. The van der Waals surface area contributed by atoms with Gasteiger partial charge in [0.2, 0.25) is 12.7 Å². The minimum Gasteiger partial charge on any atom is -0.464 e. The van der Waals surface area contributed by atoms with Crippen LogP contribution in [0.25, 0.3) is 11.1 Å². The van der Waals surface area contributed by atoms with Crippen LogP contribution < -0.4 is 19.5 Å². The average Bonchev–Trinajstić information content (AvgIpc) is 3.40. The molecule has 6 nitrogen and oxygen atoms in total. The minimum atomic E-state index is -0.618. The first-order valence-electron chi connectivity index (χ1n) is 10.0. The second kappa shape index (κ2) is 7.37. The summed E-state index contributed by atoms with van der Waals surface area (Å²) in [5, 5.41) is 2.95. The van der Waals surface area contributed by atoms with E-state index < -0.39 is 6.10 Å². The molecule has 6 heteroatoms. The Labute approximate surface area is 174 Å². The summed E-state index contributed by atoms with van der Waals surface area (Å²) in [5.41, 5.74) is 4.87. The molecule has 0 saturated carbocycles. The Bertz CT molecular complexity index is 1110. The summed E-state index contributed by atoms with van der Waals surface area (Å²) < 4.78 is 16.8. The van der Waals surface area contributed by atoms with Gasteiger partial charge >= 0.3 is 0 Å². The smallest absolute Gasteiger partial charge is 0.265 e. The number of ether oxygens (including phenoxy) is 3. The molecule has 1 amide bonds. The minimum absolute atomic E-state index is 0.179. The number of anilines is 1. The van der Waals surface area contributed by atoms with Crippen LogP contribution in [0.1, 0.15) is 30.9 Å². The van der Waals surface area contributed by atoms with Crippen LogP contribution in [0.4, 0.5) is 5.69 Å². The highest BCUT2D eigenvalue weighted by Crippen LogP contribution is 2.40. The lowest BCUT2D eigenvalue weighted by molar-refractivity contribution is -0.122. The van der Waals surface area contributed by atoms with Crippen molar-refractivity contribution < 1.29 is 19.0 Å². The van der Waals surface area contributed by atoms with Crippen LogP contribution in [0.2, 0.25) is 0 Å². The van der Waals surface area contributed by atoms with E-state index in [1.807, 2.05) is 48.5 Å². The maximum Gasteiger partial charge on any atom is 0.265 e. The first kappa shape index (κ1) is 18.5. The van der Waals surface area contributed by atoms with E-state index in [9.17, 15) is 4.79 Å². The number of hydrogen-bond acceptors (Lipinski definition) is 5. The maximum atomic E-state index is 12.8. The van der Waals surface area contributed by atoms with Crippen molar-refractivity contribution in [1.82, 2.24) is 4.98 Å². The lowest BCUT2D eigenvalue weighted by Crippen LogP contribution is -2.31. The largest absolute Gasteiger partial charge is 0.464 e. The summed E-state index contributed by atoms with van der Waals surface area (Å²) in [6.45, 7) is 4.51. The van der Waals surface area contributed by atoms with E-state index in [2.05, 4.69) is 24.1 Å². The van der Waals surface area contributed by atoms with Gasteiger partial charge in [-0.3, -0.25) is 4.79 Å². The van der Waals surface area contributed by atoms with Crippen molar-refractivity contribution in [3.05, 3.63) is 65.9 Å². The molecular weight excluding hydrogens is 380 g/mol. The van der Waals surface area contributed by atoms with Crippen LogP contribution in [0.15, 0.2) is 54.7 Å². The van der Waals surface area contributed by atoms with Crippen molar-refractivity contribution in [3.63, 3.8) is 0 Å². The fourth-order valence-electron chi connectivity index (χ4n) is 3.79. The second-order valence-electron chi connectivity index (χ2n) is 7.79. The predicted molar refractivity (Wildman–Crippen MR) is 113 cm³/mol. The number of rotatable bonds is 4. The Balaban J connectivity index is 1.34. The molecule has 1 N–H and O–H groups in total.